The summed E-state index contributed by atoms with van der Waals surface area (Å²) in [4.78, 5) is 19.5. The summed E-state index contributed by atoms with van der Waals surface area (Å²) in [6.07, 6.45) is 1.09. The van der Waals surface area contributed by atoms with Crippen molar-refractivity contribution in [3.8, 4) is 0 Å². The number of aromatic amines is 1. The lowest BCUT2D eigenvalue weighted by atomic mass is 10.5. The highest BCUT2D eigenvalue weighted by Crippen LogP contribution is 2.03. The van der Waals surface area contributed by atoms with Gasteiger partial charge in [-0.2, -0.15) is 0 Å². The first-order valence-corrected chi connectivity index (χ1v) is 5.86. The van der Waals surface area contributed by atoms with Crippen LogP contribution in [-0.4, -0.2) is 33.7 Å². The fourth-order valence-electron chi connectivity index (χ4n) is 0.856. The molecule has 1 rings (SSSR count). The number of hydrogen-bond acceptors (Lipinski definition) is 5. The van der Waals surface area contributed by atoms with Crippen LogP contribution in [-0.2, 0) is 19.6 Å². The molecule has 0 aliphatic carbocycles. The number of ether oxygens (including phenoxy) is 1. The molecule has 0 radical (unpaired) electrons. The minimum Gasteiger partial charge on any atom is -0.382 e. The van der Waals surface area contributed by atoms with Crippen LogP contribution in [0.15, 0.2) is 28.0 Å². The zero-order valence-electron chi connectivity index (χ0n) is 8.60. The Morgan fingerprint density at radius 2 is 2.12 bits per heavy atom. The Balaban J connectivity index is 2.63. The van der Waals surface area contributed by atoms with Crippen molar-refractivity contribution in [3.05, 3.63) is 28.7 Å². The van der Waals surface area contributed by atoms with Crippen molar-refractivity contribution in [3.63, 3.8) is 0 Å². The molecule has 8 heteroatoms. The van der Waals surface area contributed by atoms with E-state index in [0.717, 1.165) is 12.3 Å². The van der Waals surface area contributed by atoms with Gasteiger partial charge in [-0.3, -0.25) is 9.63 Å². The van der Waals surface area contributed by atoms with Gasteiger partial charge in [0.2, 0.25) is 5.56 Å². The number of rotatable bonds is 6. The molecule has 90 valence electrons. The minimum atomic E-state index is -3.76. The van der Waals surface area contributed by atoms with Crippen molar-refractivity contribution in [2.75, 3.05) is 20.3 Å². The highest BCUT2D eigenvalue weighted by molar-refractivity contribution is 7.89. The number of hydrogen-bond donors (Lipinski definition) is 2. The lowest BCUT2D eigenvalue weighted by Crippen LogP contribution is -2.26. The molecule has 2 N–H and O–H groups in total. The minimum absolute atomic E-state index is 0.0792. The smallest absolute Gasteiger partial charge is 0.263 e. The van der Waals surface area contributed by atoms with Crippen LogP contribution < -0.4 is 10.4 Å². The second-order valence-electron chi connectivity index (χ2n) is 2.82. The van der Waals surface area contributed by atoms with Gasteiger partial charge in [0.25, 0.3) is 10.0 Å². The van der Waals surface area contributed by atoms with Gasteiger partial charge in [0.1, 0.15) is 4.90 Å². The summed E-state index contributed by atoms with van der Waals surface area (Å²) in [6, 6.07) is 2.30. The topological polar surface area (TPSA) is 97.5 Å². The summed E-state index contributed by atoms with van der Waals surface area (Å²) in [7, 11) is -2.28. The third-order valence-corrected chi connectivity index (χ3v) is 2.84. The standard InChI is InChI=1S/C8H12N2O5S/c1-14-4-5-15-10-16(12,13)7-2-3-8(11)9-6-7/h2-3,6,10H,4-5H2,1H3,(H,9,11). The largest absolute Gasteiger partial charge is 0.382 e. The number of sulfonamides is 1. The van der Waals surface area contributed by atoms with Gasteiger partial charge in [-0.15, -0.1) is 0 Å². The van der Waals surface area contributed by atoms with Crippen molar-refractivity contribution in [2.45, 2.75) is 4.90 Å². The van der Waals surface area contributed by atoms with Gasteiger partial charge in [-0.05, 0) is 6.07 Å². The Labute approximate surface area is 92.4 Å². The molecule has 1 aromatic rings. The Bertz CT molecular complexity index is 461. The fraction of sp³-hybridized carbons (Fsp3) is 0.375. The van der Waals surface area contributed by atoms with Crippen LogP contribution in [0.2, 0.25) is 0 Å². The molecule has 0 saturated heterocycles. The number of H-pyrrole nitrogens is 1. The molecular formula is C8H12N2O5S. The van der Waals surface area contributed by atoms with E-state index in [1.165, 1.54) is 13.2 Å². The summed E-state index contributed by atoms with van der Waals surface area (Å²) >= 11 is 0. The molecule has 0 fully saturated rings. The second kappa shape index (κ2) is 5.75. The van der Waals surface area contributed by atoms with E-state index in [2.05, 4.69) is 14.6 Å². The maximum Gasteiger partial charge on any atom is 0.263 e. The lowest BCUT2D eigenvalue weighted by molar-refractivity contribution is 0.0438. The Hall–Kier alpha value is -1.22. The number of pyridine rings is 1. The van der Waals surface area contributed by atoms with E-state index < -0.39 is 10.0 Å². The van der Waals surface area contributed by atoms with E-state index in [-0.39, 0.29) is 23.7 Å². The molecule has 0 aliphatic heterocycles. The summed E-state index contributed by atoms with van der Waals surface area (Å²) in [5, 5.41) is 0. The highest BCUT2D eigenvalue weighted by Gasteiger charge is 2.13. The Kier molecular flexibility index (Phi) is 4.62. The van der Waals surface area contributed by atoms with Crippen LogP contribution >= 0.6 is 0 Å². The van der Waals surface area contributed by atoms with Gasteiger partial charge in [0, 0.05) is 19.4 Å². The summed E-state index contributed by atoms with van der Waals surface area (Å²) in [5.74, 6) is 0. The molecule has 0 unspecified atom stereocenters. The van der Waals surface area contributed by atoms with E-state index in [1.807, 2.05) is 4.89 Å². The van der Waals surface area contributed by atoms with E-state index >= 15 is 0 Å². The van der Waals surface area contributed by atoms with Crippen molar-refractivity contribution in [1.82, 2.24) is 9.87 Å². The van der Waals surface area contributed by atoms with Crippen LogP contribution in [0.3, 0.4) is 0 Å². The van der Waals surface area contributed by atoms with Gasteiger partial charge in [-0.1, -0.05) is 4.89 Å². The molecule has 1 aromatic heterocycles. The van der Waals surface area contributed by atoms with Gasteiger partial charge < -0.3 is 9.72 Å². The van der Waals surface area contributed by atoms with Crippen LogP contribution in [0.25, 0.3) is 0 Å². The number of methoxy groups -OCH3 is 1. The number of nitrogens with one attached hydrogen (secondary N) is 2. The molecule has 1 heterocycles. The Morgan fingerprint density at radius 3 is 2.69 bits per heavy atom. The summed E-state index contributed by atoms with van der Waals surface area (Å²) < 4.78 is 27.7. The molecule has 16 heavy (non-hydrogen) atoms. The van der Waals surface area contributed by atoms with Gasteiger partial charge in [0.05, 0.1) is 13.2 Å². The quantitative estimate of drug-likeness (QED) is 0.509. The maximum atomic E-state index is 11.5. The first-order valence-electron chi connectivity index (χ1n) is 4.37. The second-order valence-corrected chi connectivity index (χ2v) is 4.46. The van der Waals surface area contributed by atoms with Crippen molar-refractivity contribution in [2.24, 2.45) is 0 Å². The first kappa shape index (κ1) is 12.8. The van der Waals surface area contributed by atoms with Crippen LogP contribution in [0.4, 0.5) is 0 Å². The Morgan fingerprint density at radius 1 is 1.38 bits per heavy atom. The zero-order valence-corrected chi connectivity index (χ0v) is 9.41. The summed E-state index contributed by atoms with van der Waals surface area (Å²) in [6.45, 7) is 0.368. The third-order valence-electron chi connectivity index (χ3n) is 1.62. The average molecular weight is 248 g/mol. The highest BCUT2D eigenvalue weighted by atomic mass is 32.2. The molecule has 0 atom stereocenters. The molecular weight excluding hydrogens is 236 g/mol. The predicted octanol–water partition coefficient (Wildman–Crippen LogP) is -0.769. The van der Waals surface area contributed by atoms with E-state index in [4.69, 9.17) is 0 Å². The van der Waals surface area contributed by atoms with Gasteiger partial charge in [-0.25, -0.2) is 8.42 Å². The van der Waals surface area contributed by atoms with Gasteiger partial charge in [0.15, 0.2) is 0 Å². The maximum absolute atomic E-state index is 11.5. The molecule has 0 saturated carbocycles. The van der Waals surface area contributed by atoms with Crippen LogP contribution in [0.1, 0.15) is 0 Å². The molecule has 0 spiro atoms. The van der Waals surface area contributed by atoms with E-state index in [9.17, 15) is 13.2 Å². The van der Waals surface area contributed by atoms with Crippen LogP contribution in [0, 0.1) is 0 Å². The molecule has 0 aromatic carbocycles. The summed E-state index contributed by atoms with van der Waals surface area (Å²) in [5.41, 5.74) is -0.376. The zero-order chi connectivity index (χ0) is 12.0. The van der Waals surface area contributed by atoms with Gasteiger partial charge >= 0.3 is 0 Å². The van der Waals surface area contributed by atoms with E-state index in [0.29, 0.717) is 0 Å². The van der Waals surface area contributed by atoms with E-state index in [1.54, 1.807) is 0 Å². The lowest BCUT2D eigenvalue weighted by Gasteiger charge is -2.05. The fourth-order valence-corrected chi connectivity index (χ4v) is 1.65. The predicted molar refractivity (Wildman–Crippen MR) is 55.2 cm³/mol. The van der Waals surface area contributed by atoms with Crippen molar-refractivity contribution >= 4 is 10.0 Å². The normalized spacial score (nSPS) is 11.6. The van der Waals surface area contributed by atoms with Crippen molar-refractivity contribution in [1.29, 1.82) is 0 Å². The molecule has 0 aliphatic rings. The average Bonchev–Trinajstić information content (AvgIpc) is 2.25. The van der Waals surface area contributed by atoms with Crippen molar-refractivity contribution < 1.29 is 18.0 Å². The van der Waals surface area contributed by atoms with Crippen LogP contribution in [0.5, 0.6) is 0 Å². The molecule has 0 bridgehead atoms. The first-order chi connectivity index (χ1) is 7.56. The monoisotopic (exact) mass is 248 g/mol. The molecule has 0 amide bonds. The SMILES string of the molecule is COCCONS(=O)(=O)c1ccc(=O)[nH]c1. The number of aromatic nitrogens is 1. The molecule has 7 nitrogen and oxygen atoms in total. The third kappa shape index (κ3) is 3.74.